The van der Waals surface area contributed by atoms with Crippen LogP contribution in [-0.2, 0) is 14.4 Å². The molecule has 2 unspecified atom stereocenters. The Morgan fingerprint density at radius 3 is 2.47 bits per heavy atom. The third kappa shape index (κ3) is 6.59. The highest BCUT2D eigenvalue weighted by Crippen LogP contribution is 2.43. The fourth-order valence-corrected chi connectivity index (χ4v) is 5.81. The van der Waals surface area contributed by atoms with Gasteiger partial charge in [0.25, 0.3) is 0 Å². The maximum Gasteiger partial charge on any atom is 0.247 e. The molecule has 1 aliphatic heterocycles. The summed E-state index contributed by atoms with van der Waals surface area (Å²) in [7, 11) is 0. The van der Waals surface area contributed by atoms with Crippen molar-refractivity contribution in [1.82, 2.24) is 10.4 Å². The Hall–Kier alpha value is -2.41. The van der Waals surface area contributed by atoms with Crippen LogP contribution in [-0.4, -0.2) is 40.4 Å². The van der Waals surface area contributed by atoms with Gasteiger partial charge in [0, 0.05) is 18.7 Å². The number of unbranched alkanes of at least 4 members (excludes halogenated alkanes) is 4. The van der Waals surface area contributed by atoms with E-state index in [2.05, 4.69) is 12.2 Å². The number of hydrogen-bond acceptors (Lipinski definition) is 4. The second kappa shape index (κ2) is 12.9. The van der Waals surface area contributed by atoms with E-state index in [4.69, 9.17) is 0 Å². The Bertz CT molecular complexity index is 809. The van der Waals surface area contributed by atoms with E-state index in [1.54, 1.807) is 10.4 Å². The molecule has 3 N–H and O–H groups in total. The largest absolute Gasteiger partial charge is 0.330 e. The number of hydroxylamine groups is 1. The number of rotatable bonds is 12. The first-order valence-corrected chi connectivity index (χ1v) is 13.1. The normalized spacial score (nSPS) is 21.9. The lowest BCUT2D eigenvalue weighted by Crippen LogP contribution is -2.52. The van der Waals surface area contributed by atoms with Crippen LogP contribution in [0.15, 0.2) is 30.3 Å². The Morgan fingerprint density at radius 2 is 1.79 bits per heavy atom. The lowest BCUT2D eigenvalue weighted by Gasteiger charge is -2.37. The van der Waals surface area contributed by atoms with Crippen LogP contribution < -0.4 is 10.8 Å². The minimum Gasteiger partial charge on any atom is -0.330 e. The molecule has 3 rings (SSSR count). The molecule has 2 aliphatic rings. The van der Waals surface area contributed by atoms with Crippen molar-refractivity contribution >= 4 is 23.4 Å². The topological polar surface area (TPSA) is 98.7 Å². The van der Waals surface area contributed by atoms with Crippen molar-refractivity contribution in [2.75, 3.05) is 11.9 Å². The van der Waals surface area contributed by atoms with E-state index >= 15 is 0 Å². The third-order valence-electron chi connectivity index (χ3n) is 7.67. The molecule has 7 heteroatoms. The molecular formula is C27H41N3O4. The van der Waals surface area contributed by atoms with Crippen LogP contribution >= 0.6 is 0 Å². The summed E-state index contributed by atoms with van der Waals surface area (Å²) in [6.45, 7) is 2.63. The zero-order valence-corrected chi connectivity index (χ0v) is 20.6. The van der Waals surface area contributed by atoms with E-state index in [0.29, 0.717) is 19.4 Å². The van der Waals surface area contributed by atoms with E-state index in [1.165, 1.54) is 0 Å². The van der Waals surface area contributed by atoms with Crippen molar-refractivity contribution in [3.05, 3.63) is 30.3 Å². The van der Waals surface area contributed by atoms with Crippen LogP contribution in [0.5, 0.6) is 0 Å². The summed E-state index contributed by atoms with van der Waals surface area (Å²) in [6, 6.07) is 8.83. The minimum atomic E-state index is -0.848. The summed E-state index contributed by atoms with van der Waals surface area (Å²) in [4.78, 5) is 41.4. The Balaban J connectivity index is 1.80. The average Bonchev–Trinajstić information content (AvgIpc) is 3.16. The van der Waals surface area contributed by atoms with Crippen molar-refractivity contribution in [2.45, 2.75) is 96.4 Å². The van der Waals surface area contributed by atoms with Crippen molar-refractivity contribution in [3.8, 4) is 0 Å². The number of hydrogen-bond donors (Lipinski definition) is 3. The van der Waals surface area contributed by atoms with Crippen LogP contribution in [0.1, 0.15) is 90.4 Å². The Kier molecular flexibility index (Phi) is 9.93. The van der Waals surface area contributed by atoms with Gasteiger partial charge in [-0.2, -0.15) is 0 Å². The molecule has 0 aromatic heterocycles. The number of carbonyl (C=O) groups is 3. The molecule has 1 saturated heterocycles. The van der Waals surface area contributed by atoms with Gasteiger partial charge in [-0.15, -0.1) is 0 Å². The summed E-state index contributed by atoms with van der Waals surface area (Å²) in [5, 5.41) is 12.2. The number of benzene rings is 1. The van der Waals surface area contributed by atoms with Gasteiger partial charge in [-0.1, -0.05) is 76.5 Å². The van der Waals surface area contributed by atoms with Crippen molar-refractivity contribution in [2.24, 2.45) is 11.3 Å². The van der Waals surface area contributed by atoms with Crippen LogP contribution in [0, 0.1) is 11.3 Å². The molecule has 0 spiro atoms. The van der Waals surface area contributed by atoms with Gasteiger partial charge in [0.2, 0.25) is 17.7 Å². The van der Waals surface area contributed by atoms with E-state index in [-0.39, 0.29) is 24.2 Å². The number of nitrogens with one attached hydrogen (secondary N) is 2. The predicted octanol–water partition coefficient (Wildman–Crippen LogP) is 5.05. The molecule has 1 saturated carbocycles. The SMILES string of the molecule is CCCCCCCC1(CC(=O)NO)CCN(C(C(=O)Nc2ccccc2)C2CCCCC2)C1=O. The maximum absolute atomic E-state index is 13.9. The van der Waals surface area contributed by atoms with E-state index in [0.717, 1.165) is 69.9 Å². The lowest BCUT2D eigenvalue weighted by atomic mass is 9.77. The summed E-state index contributed by atoms with van der Waals surface area (Å²) in [5.74, 6) is -0.665. The van der Waals surface area contributed by atoms with Gasteiger partial charge in [-0.25, -0.2) is 5.48 Å². The molecule has 0 radical (unpaired) electrons. The number of carbonyl (C=O) groups excluding carboxylic acids is 3. The van der Waals surface area contributed by atoms with Crippen LogP contribution in [0.3, 0.4) is 0 Å². The number of para-hydroxylation sites is 1. The molecular weight excluding hydrogens is 430 g/mol. The second-order valence-electron chi connectivity index (χ2n) is 10.1. The highest BCUT2D eigenvalue weighted by atomic mass is 16.5. The Morgan fingerprint density at radius 1 is 1.09 bits per heavy atom. The van der Waals surface area contributed by atoms with Gasteiger partial charge < -0.3 is 10.2 Å². The van der Waals surface area contributed by atoms with Crippen LogP contribution in [0.25, 0.3) is 0 Å². The van der Waals surface area contributed by atoms with E-state index in [9.17, 15) is 19.6 Å². The Labute approximate surface area is 203 Å². The zero-order chi connectivity index (χ0) is 24.4. The van der Waals surface area contributed by atoms with E-state index < -0.39 is 17.4 Å². The fourth-order valence-electron chi connectivity index (χ4n) is 5.81. The van der Waals surface area contributed by atoms with Gasteiger partial charge in [0.15, 0.2) is 0 Å². The van der Waals surface area contributed by atoms with Crippen molar-refractivity contribution < 1.29 is 19.6 Å². The second-order valence-corrected chi connectivity index (χ2v) is 10.1. The van der Waals surface area contributed by atoms with Gasteiger partial charge in [-0.05, 0) is 43.7 Å². The molecule has 1 heterocycles. The lowest BCUT2D eigenvalue weighted by molar-refractivity contribution is -0.147. The molecule has 1 aromatic rings. The first kappa shape index (κ1) is 26.2. The smallest absolute Gasteiger partial charge is 0.247 e. The molecule has 7 nitrogen and oxygen atoms in total. The highest BCUT2D eigenvalue weighted by Gasteiger charge is 2.51. The minimum absolute atomic E-state index is 0.0374. The van der Waals surface area contributed by atoms with Gasteiger partial charge >= 0.3 is 0 Å². The molecule has 2 fully saturated rings. The quantitative estimate of drug-likeness (QED) is 0.226. The number of anilines is 1. The number of nitrogens with zero attached hydrogens (tertiary/aromatic N) is 1. The first-order valence-electron chi connectivity index (χ1n) is 13.1. The summed E-state index contributed by atoms with van der Waals surface area (Å²) >= 11 is 0. The summed E-state index contributed by atoms with van der Waals surface area (Å²) in [6.07, 6.45) is 11.6. The van der Waals surface area contributed by atoms with Crippen molar-refractivity contribution in [3.63, 3.8) is 0 Å². The fraction of sp³-hybridized carbons (Fsp3) is 0.667. The van der Waals surface area contributed by atoms with Crippen molar-refractivity contribution in [1.29, 1.82) is 0 Å². The molecule has 2 atom stereocenters. The molecule has 1 aliphatic carbocycles. The molecule has 0 bridgehead atoms. The van der Waals surface area contributed by atoms with E-state index in [1.807, 2.05) is 30.3 Å². The van der Waals surface area contributed by atoms with Crippen LogP contribution in [0.2, 0.25) is 0 Å². The van der Waals surface area contributed by atoms with Crippen LogP contribution in [0.4, 0.5) is 5.69 Å². The first-order chi connectivity index (χ1) is 16.5. The standard InChI is InChI=1S/C27H41N3O4/c1-2-3-4-5-12-17-27(20-23(31)29-34)18-19-30(26(27)33)24(21-13-8-6-9-14-21)25(32)28-22-15-10-7-11-16-22/h7,10-11,15-16,21,24,34H,2-6,8-9,12-14,17-20H2,1H3,(H,28,32)(H,29,31). The molecule has 3 amide bonds. The number of likely N-dealkylation sites (tertiary alicyclic amines) is 1. The highest BCUT2D eigenvalue weighted by molar-refractivity contribution is 5.99. The molecule has 34 heavy (non-hydrogen) atoms. The van der Waals surface area contributed by atoms with Gasteiger partial charge in [0.05, 0.1) is 5.41 Å². The monoisotopic (exact) mass is 471 g/mol. The molecule has 1 aromatic carbocycles. The summed E-state index contributed by atoms with van der Waals surface area (Å²) in [5.41, 5.74) is 1.60. The molecule has 188 valence electrons. The maximum atomic E-state index is 13.9. The average molecular weight is 472 g/mol. The third-order valence-corrected chi connectivity index (χ3v) is 7.67. The predicted molar refractivity (Wildman–Crippen MR) is 132 cm³/mol. The van der Waals surface area contributed by atoms with Gasteiger partial charge in [-0.3, -0.25) is 19.6 Å². The van der Waals surface area contributed by atoms with Gasteiger partial charge in [0.1, 0.15) is 6.04 Å². The number of amides is 3. The summed E-state index contributed by atoms with van der Waals surface area (Å²) < 4.78 is 0. The zero-order valence-electron chi connectivity index (χ0n) is 20.6.